The summed E-state index contributed by atoms with van der Waals surface area (Å²) in [6, 6.07) is -0.977. The van der Waals surface area contributed by atoms with E-state index in [9.17, 15) is 14.4 Å². The number of ether oxygens (including phenoxy) is 1. The van der Waals surface area contributed by atoms with E-state index in [2.05, 4.69) is 10.6 Å². The van der Waals surface area contributed by atoms with Crippen LogP contribution in [0.1, 0.15) is 20.8 Å². The van der Waals surface area contributed by atoms with Crippen molar-refractivity contribution >= 4 is 17.9 Å². The minimum absolute atomic E-state index is 0.244. The number of rotatable bonds is 6. The number of hydrogen-bond acceptors (Lipinski definition) is 4. The Kier molecular flexibility index (Phi) is 5.32. The molecular weight excluding hydrogens is 266 g/mol. The van der Waals surface area contributed by atoms with Gasteiger partial charge < -0.3 is 25.4 Å². The highest BCUT2D eigenvalue weighted by Gasteiger charge is 2.43. The lowest BCUT2D eigenvalue weighted by atomic mass is 9.97. The molecule has 0 aliphatic carbocycles. The maximum Gasteiger partial charge on any atom is 0.329 e. The van der Waals surface area contributed by atoms with Gasteiger partial charge in [0.15, 0.2) is 0 Å². The van der Waals surface area contributed by atoms with Gasteiger partial charge in [-0.05, 0) is 20.8 Å². The van der Waals surface area contributed by atoms with Crippen LogP contribution in [0.3, 0.4) is 0 Å². The molecule has 114 valence electrons. The van der Waals surface area contributed by atoms with Gasteiger partial charge in [-0.1, -0.05) is 0 Å². The summed E-state index contributed by atoms with van der Waals surface area (Å²) in [7, 11) is 0. The molecule has 8 nitrogen and oxygen atoms in total. The van der Waals surface area contributed by atoms with Gasteiger partial charge in [-0.2, -0.15) is 0 Å². The van der Waals surface area contributed by atoms with E-state index in [4.69, 9.17) is 9.84 Å². The molecule has 1 unspecified atom stereocenters. The Hall–Kier alpha value is -1.83. The highest BCUT2D eigenvalue weighted by molar-refractivity contribution is 5.87. The lowest BCUT2D eigenvalue weighted by Crippen LogP contribution is -2.66. The standard InChI is InChI=1S/C12H21N3O5/c1-4-13-10(18)8(2)14-11(19)15-6-12(3,7-15)20-5-9(16)17/h8H,4-7H2,1-3H3,(H,13,18)(H,14,19)(H,16,17). The summed E-state index contributed by atoms with van der Waals surface area (Å²) in [5, 5.41) is 13.7. The zero-order valence-corrected chi connectivity index (χ0v) is 11.9. The summed E-state index contributed by atoms with van der Waals surface area (Å²) >= 11 is 0. The second-order valence-electron chi connectivity index (χ2n) is 5.05. The van der Waals surface area contributed by atoms with E-state index >= 15 is 0 Å². The molecule has 8 heteroatoms. The summed E-state index contributed by atoms with van der Waals surface area (Å²) in [6.07, 6.45) is 0. The fraction of sp³-hybridized carbons (Fsp3) is 0.750. The van der Waals surface area contributed by atoms with Crippen LogP contribution in [0.4, 0.5) is 4.79 Å². The maximum absolute atomic E-state index is 11.8. The average molecular weight is 287 g/mol. The zero-order valence-electron chi connectivity index (χ0n) is 11.9. The van der Waals surface area contributed by atoms with Crippen molar-refractivity contribution in [2.45, 2.75) is 32.4 Å². The third kappa shape index (κ3) is 4.37. The molecule has 1 aliphatic rings. The highest BCUT2D eigenvalue weighted by Crippen LogP contribution is 2.24. The first-order valence-electron chi connectivity index (χ1n) is 6.46. The molecule has 0 aromatic carbocycles. The molecule has 0 bridgehead atoms. The molecule has 3 amide bonds. The number of likely N-dealkylation sites (tertiary alicyclic amines) is 1. The Morgan fingerprint density at radius 3 is 2.50 bits per heavy atom. The van der Waals surface area contributed by atoms with Crippen LogP contribution in [0.2, 0.25) is 0 Å². The van der Waals surface area contributed by atoms with Gasteiger partial charge in [0.2, 0.25) is 5.91 Å². The van der Waals surface area contributed by atoms with Crippen LogP contribution in [0.15, 0.2) is 0 Å². The zero-order chi connectivity index (χ0) is 15.3. The van der Waals surface area contributed by atoms with Crippen LogP contribution >= 0.6 is 0 Å². The van der Waals surface area contributed by atoms with Crippen molar-refractivity contribution in [1.82, 2.24) is 15.5 Å². The van der Waals surface area contributed by atoms with Crippen LogP contribution in [-0.2, 0) is 14.3 Å². The van der Waals surface area contributed by atoms with Gasteiger partial charge in [0.05, 0.1) is 13.1 Å². The number of carbonyl (C=O) groups is 3. The van der Waals surface area contributed by atoms with Crippen molar-refractivity contribution in [2.75, 3.05) is 26.2 Å². The maximum atomic E-state index is 11.8. The van der Waals surface area contributed by atoms with E-state index < -0.39 is 17.6 Å². The largest absolute Gasteiger partial charge is 0.480 e. The van der Waals surface area contributed by atoms with Crippen molar-refractivity contribution in [3.8, 4) is 0 Å². The van der Waals surface area contributed by atoms with Gasteiger partial charge >= 0.3 is 12.0 Å². The predicted octanol–water partition coefficient (Wildman–Crippen LogP) is -0.604. The number of urea groups is 1. The Morgan fingerprint density at radius 2 is 2.00 bits per heavy atom. The number of nitrogens with one attached hydrogen (secondary N) is 2. The fourth-order valence-electron chi connectivity index (χ4n) is 1.90. The molecule has 1 fully saturated rings. The van der Waals surface area contributed by atoms with Crippen molar-refractivity contribution < 1.29 is 24.2 Å². The smallest absolute Gasteiger partial charge is 0.329 e. The van der Waals surface area contributed by atoms with Crippen molar-refractivity contribution in [3.63, 3.8) is 0 Å². The molecule has 1 aliphatic heterocycles. The fourth-order valence-corrected chi connectivity index (χ4v) is 1.90. The summed E-state index contributed by atoms with van der Waals surface area (Å²) in [6.45, 7) is 5.86. The molecule has 0 aromatic rings. The number of carboxylic acids is 1. The number of aliphatic carboxylic acids is 1. The molecular formula is C12H21N3O5. The van der Waals surface area contributed by atoms with Crippen molar-refractivity contribution in [1.29, 1.82) is 0 Å². The predicted molar refractivity (Wildman–Crippen MR) is 70.2 cm³/mol. The number of carbonyl (C=O) groups excluding carboxylic acids is 2. The first kappa shape index (κ1) is 16.2. The number of hydrogen-bond donors (Lipinski definition) is 3. The van der Waals surface area contributed by atoms with Gasteiger partial charge in [0.25, 0.3) is 0 Å². The molecule has 0 spiro atoms. The van der Waals surface area contributed by atoms with Crippen LogP contribution in [0, 0.1) is 0 Å². The minimum Gasteiger partial charge on any atom is -0.480 e. The second kappa shape index (κ2) is 6.56. The molecule has 1 saturated heterocycles. The Balaban J connectivity index is 2.34. The molecule has 1 rings (SSSR count). The van der Waals surface area contributed by atoms with E-state index in [1.807, 2.05) is 0 Å². The van der Waals surface area contributed by atoms with Gasteiger partial charge in [-0.25, -0.2) is 9.59 Å². The topological polar surface area (TPSA) is 108 Å². The van der Waals surface area contributed by atoms with Crippen LogP contribution < -0.4 is 10.6 Å². The normalized spacial score (nSPS) is 17.9. The number of amides is 3. The van der Waals surface area contributed by atoms with Crippen LogP contribution in [0.25, 0.3) is 0 Å². The quantitative estimate of drug-likeness (QED) is 0.604. The lowest BCUT2D eigenvalue weighted by Gasteiger charge is -2.47. The van der Waals surface area contributed by atoms with E-state index in [-0.39, 0.29) is 18.5 Å². The first-order valence-corrected chi connectivity index (χ1v) is 6.46. The van der Waals surface area contributed by atoms with Crippen LogP contribution in [0.5, 0.6) is 0 Å². The Bertz CT molecular complexity index is 393. The van der Waals surface area contributed by atoms with Crippen molar-refractivity contribution in [3.05, 3.63) is 0 Å². The van der Waals surface area contributed by atoms with Crippen LogP contribution in [-0.4, -0.2) is 65.8 Å². The molecule has 0 radical (unpaired) electrons. The molecule has 1 heterocycles. The van der Waals surface area contributed by atoms with E-state index in [0.29, 0.717) is 19.6 Å². The molecule has 1 atom stereocenters. The van der Waals surface area contributed by atoms with Gasteiger partial charge in [0, 0.05) is 6.54 Å². The van der Waals surface area contributed by atoms with Gasteiger partial charge in [0.1, 0.15) is 18.2 Å². The third-order valence-corrected chi connectivity index (χ3v) is 2.97. The van der Waals surface area contributed by atoms with Gasteiger partial charge in [-0.3, -0.25) is 4.79 Å². The average Bonchev–Trinajstić information content (AvgIpc) is 2.33. The molecule has 20 heavy (non-hydrogen) atoms. The van der Waals surface area contributed by atoms with E-state index in [1.54, 1.807) is 20.8 Å². The number of carboxylic acid groups (broad SMARTS) is 1. The number of likely N-dealkylation sites (N-methyl/N-ethyl adjacent to an activating group) is 1. The van der Waals surface area contributed by atoms with Crippen molar-refractivity contribution in [2.24, 2.45) is 0 Å². The molecule has 0 aromatic heterocycles. The van der Waals surface area contributed by atoms with Gasteiger partial charge in [-0.15, -0.1) is 0 Å². The number of nitrogens with zero attached hydrogens (tertiary/aromatic N) is 1. The summed E-state index contributed by atoms with van der Waals surface area (Å²) < 4.78 is 5.20. The highest BCUT2D eigenvalue weighted by atomic mass is 16.5. The lowest BCUT2D eigenvalue weighted by molar-refractivity contribution is -0.159. The summed E-state index contributed by atoms with van der Waals surface area (Å²) in [5.74, 6) is -1.29. The molecule has 0 saturated carbocycles. The third-order valence-electron chi connectivity index (χ3n) is 2.97. The first-order chi connectivity index (χ1) is 9.27. The summed E-state index contributed by atoms with van der Waals surface area (Å²) in [4.78, 5) is 35.2. The van der Waals surface area contributed by atoms with E-state index in [0.717, 1.165) is 0 Å². The summed E-state index contributed by atoms with van der Waals surface area (Å²) in [5.41, 5.74) is -0.634. The van der Waals surface area contributed by atoms with E-state index in [1.165, 1.54) is 4.90 Å². The SMILES string of the molecule is CCNC(=O)C(C)NC(=O)N1CC(C)(OCC(=O)O)C1. The Labute approximate surface area is 117 Å². The minimum atomic E-state index is -1.04. The monoisotopic (exact) mass is 287 g/mol. The second-order valence-corrected chi connectivity index (χ2v) is 5.05. The Morgan fingerprint density at radius 1 is 1.40 bits per heavy atom. The molecule has 3 N–H and O–H groups in total.